The van der Waals surface area contributed by atoms with Gasteiger partial charge in [-0.25, -0.2) is 0 Å². The number of hydrogen-bond acceptors (Lipinski definition) is 3. The van der Waals surface area contributed by atoms with Crippen LogP contribution in [-0.2, 0) is 4.79 Å². The van der Waals surface area contributed by atoms with Crippen LogP contribution in [0.15, 0.2) is 4.99 Å². The summed E-state index contributed by atoms with van der Waals surface area (Å²) in [6.07, 6.45) is 3.98. The van der Waals surface area contributed by atoms with Crippen LogP contribution in [0, 0.1) is 5.92 Å². The Hall–Kier alpha value is -0.510. The van der Waals surface area contributed by atoms with Crippen LogP contribution in [0.4, 0.5) is 0 Å². The summed E-state index contributed by atoms with van der Waals surface area (Å²) >= 11 is 1.61. The monoisotopic (exact) mass is 215 g/mol. The van der Waals surface area contributed by atoms with Crippen LogP contribution >= 0.6 is 11.8 Å². The minimum Gasteiger partial charge on any atom is -0.481 e. The molecule has 1 aliphatic heterocycles. The second kappa shape index (κ2) is 6.06. The number of rotatable bonds is 6. The van der Waals surface area contributed by atoms with Gasteiger partial charge in [-0.15, -0.1) is 11.8 Å². The van der Waals surface area contributed by atoms with Gasteiger partial charge in [0.15, 0.2) is 0 Å². The summed E-state index contributed by atoms with van der Waals surface area (Å²) in [4.78, 5) is 15.2. The van der Waals surface area contributed by atoms with Gasteiger partial charge in [-0.05, 0) is 6.42 Å². The van der Waals surface area contributed by atoms with Crippen molar-refractivity contribution in [2.45, 2.75) is 32.6 Å². The van der Waals surface area contributed by atoms with E-state index in [1.54, 1.807) is 11.8 Å². The Balaban J connectivity index is 2.42. The minimum atomic E-state index is -0.714. The highest BCUT2D eigenvalue weighted by atomic mass is 32.2. The Bertz CT molecular complexity index is 228. The molecule has 1 rings (SSSR count). The number of thioether (sulfide) groups is 1. The third kappa shape index (κ3) is 3.33. The van der Waals surface area contributed by atoms with Gasteiger partial charge in [0, 0.05) is 12.3 Å². The summed E-state index contributed by atoms with van der Waals surface area (Å²) in [7, 11) is 0. The molecule has 1 atom stereocenters. The van der Waals surface area contributed by atoms with Crippen molar-refractivity contribution in [2.24, 2.45) is 10.9 Å². The first-order chi connectivity index (χ1) is 6.75. The Morgan fingerprint density at radius 2 is 2.43 bits per heavy atom. The third-order valence-electron chi connectivity index (χ3n) is 2.30. The average molecular weight is 215 g/mol. The lowest BCUT2D eigenvalue weighted by molar-refractivity contribution is -0.139. The molecule has 14 heavy (non-hydrogen) atoms. The van der Waals surface area contributed by atoms with E-state index < -0.39 is 5.97 Å². The average Bonchev–Trinajstić information content (AvgIpc) is 2.64. The first kappa shape index (κ1) is 11.6. The van der Waals surface area contributed by atoms with Crippen molar-refractivity contribution in [3.05, 3.63) is 0 Å². The van der Waals surface area contributed by atoms with Crippen molar-refractivity contribution in [3.8, 4) is 0 Å². The molecule has 1 N–H and O–H groups in total. The van der Waals surface area contributed by atoms with Crippen LogP contribution in [0.5, 0.6) is 0 Å². The summed E-state index contributed by atoms with van der Waals surface area (Å²) in [6, 6.07) is 0. The van der Waals surface area contributed by atoms with E-state index in [1.165, 1.54) is 0 Å². The van der Waals surface area contributed by atoms with E-state index in [0.717, 1.165) is 43.0 Å². The van der Waals surface area contributed by atoms with Gasteiger partial charge < -0.3 is 5.11 Å². The Kier molecular flexibility index (Phi) is 5.01. The number of carbonyl (C=O) groups is 1. The van der Waals surface area contributed by atoms with E-state index >= 15 is 0 Å². The van der Waals surface area contributed by atoms with E-state index in [9.17, 15) is 4.79 Å². The predicted octanol–water partition coefficient (Wildman–Crippen LogP) is 2.41. The van der Waals surface area contributed by atoms with Crippen molar-refractivity contribution < 1.29 is 9.90 Å². The molecule has 0 bridgehead atoms. The van der Waals surface area contributed by atoms with Crippen LogP contribution in [0.25, 0.3) is 0 Å². The van der Waals surface area contributed by atoms with Gasteiger partial charge >= 0.3 is 5.97 Å². The number of carboxylic acids is 1. The molecule has 0 saturated carbocycles. The lowest BCUT2D eigenvalue weighted by atomic mass is 10.0. The lowest BCUT2D eigenvalue weighted by Gasteiger charge is -2.10. The van der Waals surface area contributed by atoms with Crippen molar-refractivity contribution in [1.29, 1.82) is 0 Å². The predicted molar refractivity (Wildman–Crippen MR) is 60.0 cm³/mol. The molecule has 0 radical (unpaired) electrons. The summed E-state index contributed by atoms with van der Waals surface area (Å²) in [5.41, 5.74) is 0. The minimum absolute atomic E-state index is 0.339. The highest BCUT2D eigenvalue weighted by molar-refractivity contribution is 8.14. The van der Waals surface area contributed by atoms with Crippen molar-refractivity contribution in [1.82, 2.24) is 0 Å². The number of nitrogens with zero attached hydrogens (tertiary/aromatic N) is 1. The standard InChI is InChI=1S/C10H17NO2S/c1-2-3-4-5-8(10(12)13)9-11-6-7-14-9/h8H,2-7H2,1H3,(H,12,13). The maximum atomic E-state index is 11.0. The zero-order chi connectivity index (χ0) is 10.4. The number of carboxylic acid groups (broad SMARTS) is 1. The summed E-state index contributed by atoms with van der Waals surface area (Å²) < 4.78 is 0. The van der Waals surface area contributed by atoms with Gasteiger partial charge in [-0.2, -0.15) is 0 Å². The van der Waals surface area contributed by atoms with Gasteiger partial charge in [0.2, 0.25) is 0 Å². The molecule has 0 aromatic heterocycles. The van der Waals surface area contributed by atoms with Gasteiger partial charge in [0.25, 0.3) is 0 Å². The van der Waals surface area contributed by atoms with Crippen LogP contribution in [-0.4, -0.2) is 28.4 Å². The van der Waals surface area contributed by atoms with Crippen molar-refractivity contribution in [3.63, 3.8) is 0 Å². The summed E-state index contributed by atoms with van der Waals surface area (Å²) in [5, 5.41) is 9.88. The molecule has 1 aliphatic rings. The van der Waals surface area contributed by atoms with Crippen molar-refractivity contribution in [2.75, 3.05) is 12.3 Å². The van der Waals surface area contributed by atoms with Gasteiger partial charge in [-0.3, -0.25) is 9.79 Å². The highest BCUT2D eigenvalue weighted by Crippen LogP contribution is 2.23. The molecule has 0 amide bonds. The van der Waals surface area contributed by atoms with E-state index in [0.29, 0.717) is 0 Å². The van der Waals surface area contributed by atoms with Crippen LogP contribution in [0.3, 0.4) is 0 Å². The van der Waals surface area contributed by atoms with E-state index in [-0.39, 0.29) is 5.92 Å². The topological polar surface area (TPSA) is 49.7 Å². The molecule has 3 nitrogen and oxygen atoms in total. The van der Waals surface area contributed by atoms with Gasteiger partial charge in [-0.1, -0.05) is 26.2 Å². The molecule has 0 aromatic rings. The maximum Gasteiger partial charge on any atom is 0.313 e. The van der Waals surface area contributed by atoms with E-state index in [4.69, 9.17) is 5.11 Å². The molecule has 0 aliphatic carbocycles. The molecular weight excluding hydrogens is 198 g/mol. The van der Waals surface area contributed by atoms with Gasteiger partial charge in [0.1, 0.15) is 5.92 Å². The second-order valence-electron chi connectivity index (χ2n) is 3.46. The smallest absolute Gasteiger partial charge is 0.313 e. The zero-order valence-corrected chi connectivity index (χ0v) is 9.35. The fraction of sp³-hybridized carbons (Fsp3) is 0.800. The molecule has 80 valence electrons. The van der Waals surface area contributed by atoms with Crippen molar-refractivity contribution >= 4 is 22.8 Å². The normalized spacial score (nSPS) is 17.9. The summed E-state index contributed by atoms with van der Waals surface area (Å²) in [6.45, 7) is 2.91. The number of aliphatic imine (C=N–C) groups is 1. The first-order valence-corrected chi connectivity index (χ1v) is 6.14. The lowest BCUT2D eigenvalue weighted by Crippen LogP contribution is -2.20. The molecule has 0 saturated heterocycles. The molecule has 1 heterocycles. The van der Waals surface area contributed by atoms with E-state index in [2.05, 4.69) is 11.9 Å². The largest absolute Gasteiger partial charge is 0.481 e. The SMILES string of the molecule is CCCCCC(C(=O)O)C1=NCCS1. The maximum absolute atomic E-state index is 11.0. The fourth-order valence-corrected chi connectivity index (χ4v) is 2.51. The fourth-order valence-electron chi connectivity index (χ4n) is 1.51. The van der Waals surface area contributed by atoms with Crippen LogP contribution < -0.4 is 0 Å². The summed E-state index contributed by atoms with van der Waals surface area (Å²) in [5.74, 6) is -0.101. The molecule has 1 unspecified atom stereocenters. The number of aliphatic carboxylic acids is 1. The molecule has 0 spiro atoms. The quantitative estimate of drug-likeness (QED) is 0.692. The third-order valence-corrected chi connectivity index (χ3v) is 3.40. The molecule has 4 heteroatoms. The Labute approximate surface area is 89.0 Å². The van der Waals surface area contributed by atoms with Gasteiger partial charge in [0.05, 0.1) is 5.04 Å². The second-order valence-corrected chi connectivity index (χ2v) is 4.57. The molecule has 0 aromatic carbocycles. The Morgan fingerprint density at radius 3 is 2.93 bits per heavy atom. The zero-order valence-electron chi connectivity index (χ0n) is 8.53. The first-order valence-electron chi connectivity index (χ1n) is 5.15. The van der Waals surface area contributed by atoms with Crippen LogP contribution in [0.2, 0.25) is 0 Å². The van der Waals surface area contributed by atoms with E-state index in [1.807, 2.05) is 0 Å². The molecule has 0 fully saturated rings. The van der Waals surface area contributed by atoms with Crippen LogP contribution in [0.1, 0.15) is 32.6 Å². The highest BCUT2D eigenvalue weighted by Gasteiger charge is 2.25. The number of hydrogen-bond donors (Lipinski definition) is 1. The number of unbranched alkanes of at least 4 members (excludes halogenated alkanes) is 2. The Morgan fingerprint density at radius 1 is 1.64 bits per heavy atom. The molecular formula is C10H17NO2S.